The summed E-state index contributed by atoms with van der Waals surface area (Å²) < 4.78 is 5.37. The average molecular weight is 273 g/mol. The first kappa shape index (κ1) is 12.2. The Morgan fingerprint density at radius 2 is 2.21 bits per heavy atom. The third-order valence-corrected chi connectivity index (χ3v) is 4.14. The van der Waals surface area contributed by atoms with Crippen LogP contribution in [0.25, 0.3) is 0 Å². The molecule has 3 rings (SSSR count). The van der Waals surface area contributed by atoms with Crippen molar-refractivity contribution in [3.05, 3.63) is 52.2 Å². The van der Waals surface area contributed by atoms with E-state index in [2.05, 4.69) is 11.4 Å². The average Bonchev–Trinajstić information content (AvgIpc) is 2.97. The zero-order chi connectivity index (χ0) is 13.1. The highest BCUT2D eigenvalue weighted by Gasteiger charge is 2.25. The van der Waals surface area contributed by atoms with Crippen molar-refractivity contribution in [3.8, 4) is 0 Å². The van der Waals surface area contributed by atoms with Crippen LogP contribution in [0, 0.1) is 5.92 Å². The van der Waals surface area contributed by atoms with Gasteiger partial charge >= 0.3 is 5.97 Å². The van der Waals surface area contributed by atoms with Crippen LogP contribution >= 0.6 is 11.3 Å². The predicted octanol–water partition coefficient (Wildman–Crippen LogP) is 3.08. The fourth-order valence-electron chi connectivity index (χ4n) is 2.26. The SMILES string of the molecule is O=C(OCc1cccs1)C1CNc2ccccc2C1. The summed E-state index contributed by atoms with van der Waals surface area (Å²) >= 11 is 1.61. The minimum absolute atomic E-state index is 0.0881. The van der Waals surface area contributed by atoms with Gasteiger partial charge in [0.05, 0.1) is 5.92 Å². The number of esters is 1. The molecule has 1 aliphatic rings. The van der Waals surface area contributed by atoms with Gasteiger partial charge in [0.25, 0.3) is 0 Å². The van der Waals surface area contributed by atoms with Crippen molar-refractivity contribution in [2.24, 2.45) is 5.92 Å². The van der Waals surface area contributed by atoms with E-state index in [0.29, 0.717) is 13.2 Å². The minimum atomic E-state index is -0.115. The number of hydrogen-bond acceptors (Lipinski definition) is 4. The topological polar surface area (TPSA) is 38.3 Å². The van der Waals surface area contributed by atoms with Gasteiger partial charge in [-0.1, -0.05) is 24.3 Å². The Hall–Kier alpha value is -1.81. The van der Waals surface area contributed by atoms with Gasteiger partial charge in [0.1, 0.15) is 6.61 Å². The third-order valence-electron chi connectivity index (χ3n) is 3.29. The molecule has 1 N–H and O–H groups in total. The van der Waals surface area contributed by atoms with E-state index in [1.807, 2.05) is 35.7 Å². The first-order chi connectivity index (χ1) is 9.33. The fourth-order valence-corrected chi connectivity index (χ4v) is 2.88. The van der Waals surface area contributed by atoms with Gasteiger partial charge in [-0.25, -0.2) is 0 Å². The van der Waals surface area contributed by atoms with E-state index in [0.717, 1.165) is 17.0 Å². The van der Waals surface area contributed by atoms with E-state index >= 15 is 0 Å². The molecule has 0 aliphatic carbocycles. The number of anilines is 1. The number of carbonyl (C=O) groups is 1. The molecule has 0 fully saturated rings. The lowest BCUT2D eigenvalue weighted by molar-refractivity contribution is -0.149. The standard InChI is InChI=1S/C15H15NO2S/c17-15(18-10-13-5-3-7-19-13)12-8-11-4-1-2-6-14(11)16-9-12/h1-7,12,16H,8-10H2. The van der Waals surface area contributed by atoms with E-state index in [4.69, 9.17) is 4.74 Å². The van der Waals surface area contributed by atoms with Crippen molar-refractivity contribution >= 4 is 23.0 Å². The molecule has 1 aromatic carbocycles. The van der Waals surface area contributed by atoms with Gasteiger partial charge in [0, 0.05) is 17.1 Å². The summed E-state index contributed by atoms with van der Waals surface area (Å²) in [5.74, 6) is -0.203. The molecule has 98 valence electrons. The lowest BCUT2D eigenvalue weighted by Crippen LogP contribution is -2.31. The first-order valence-corrected chi connectivity index (χ1v) is 7.21. The number of para-hydroxylation sites is 1. The molecule has 4 heteroatoms. The number of nitrogens with one attached hydrogen (secondary N) is 1. The largest absolute Gasteiger partial charge is 0.460 e. The Bertz CT molecular complexity index is 565. The number of carbonyl (C=O) groups excluding carboxylic acids is 1. The maximum atomic E-state index is 12.0. The van der Waals surface area contributed by atoms with Crippen LogP contribution in [0.3, 0.4) is 0 Å². The van der Waals surface area contributed by atoms with Crippen molar-refractivity contribution < 1.29 is 9.53 Å². The number of rotatable bonds is 3. The van der Waals surface area contributed by atoms with Gasteiger partial charge in [0.15, 0.2) is 0 Å². The second-order valence-corrected chi connectivity index (χ2v) is 5.66. The van der Waals surface area contributed by atoms with Gasteiger partial charge in [-0.15, -0.1) is 11.3 Å². The summed E-state index contributed by atoms with van der Waals surface area (Å²) in [5, 5.41) is 5.28. The number of hydrogen-bond donors (Lipinski definition) is 1. The minimum Gasteiger partial charge on any atom is -0.460 e. The third kappa shape index (κ3) is 2.79. The molecule has 1 aliphatic heterocycles. The van der Waals surface area contributed by atoms with Crippen LogP contribution in [0.5, 0.6) is 0 Å². The predicted molar refractivity (Wildman–Crippen MR) is 76.2 cm³/mol. The molecule has 2 heterocycles. The van der Waals surface area contributed by atoms with Gasteiger partial charge in [-0.2, -0.15) is 0 Å². The summed E-state index contributed by atoms with van der Waals surface area (Å²) in [4.78, 5) is 13.1. The summed E-state index contributed by atoms with van der Waals surface area (Å²) in [6, 6.07) is 12.0. The lowest BCUT2D eigenvalue weighted by Gasteiger charge is -2.24. The zero-order valence-electron chi connectivity index (χ0n) is 10.5. The molecule has 1 atom stereocenters. The Morgan fingerprint density at radius 3 is 3.05 bits per heavy atom. The highest BCUT2D eigenvalue weighted by molar-refractivity contribution is 7.09. The molecule has 19 heavy (non-hydrogen) atoms. The molecule has 0 saturated heterocycles. The summed E-state index contributed by atoms with van der Waals surface area (Å²) in [6.07, 6.45) is 0.756. The van der Waals surface area contributed by atoms with E-state index in [1.165, 1.54) is 5.56 Å². The van der Waals surface area contributed by atoms with Crippen LogP contribution < -0.4 is 5.32 Å². The Morgan fingerprint density at radius 1 is 1.32 bits per heavy atom. The maximum Gasteiger partial charge on any atom is 0.311 e. The second-order valence-electron chi connectivity index (χ2n) is 4.63. The van der Waals surface area contributed by atoms with Gasteiger partial charge < -0.3 is 10.1 Å². The van der Waals surface area contributed by atoms with Crippen molar-refractivity contribution in [3.63, 3.8) is 0 Å². The quantitative estimate of drug-likeness (QED) is 0.873. The van der Waals surface area contributed by atoms with Crippen molar-refractivity contribution in [2.75, 3.05) is 11.9 Å². The van der Waals surface area contributed by atoms with Crippen molar-refractivity contribution in [2.45, 2.75) is 13.0 Å². The highest BCUT2D eigenvalue weighted by Crippen LogP contribution is 2.25. The van der Waals surface area contributed by atoms with Crippen LogP contribution in [0.2, 0.25) is 0 Å². The molecule has 0 saturated carbocycles. The smallest absolute Gasteiger partial charge is 0.311 e. The number of thiophene rings is 1. The molecule has 0 amide bonds. The maximum absolute atomic E-state index is 12.0. The molecular formula is C15H15NO2S. The first-order valence-electron chi connectivity index (χ1n) is 6.34. The molecule has 0 bridgehead atoms. The van der Waals surface area contributed by atoms with Crippen LogP contribution in [-0.4, -0.2) is 12.5 Å². The van der Waals surface area contributed by atoms with Gasteiger partial charge in [-0.3, -0.25) is 4.79 Å². The molecule has 2 aromatic rings. The normalized spacial score (nSPS) is 17.4. The van der Waals surface area contributed by atoms with E-state index < -0.39 is 0 Å². The molecular weight excluding hydrogens is 258 g/mol. The summed E-state index contributed by atoms with van der Waals surface area (Å²) in [7, 11) is 0. The fraction of sp³-hybridized carbons (Fsp3) is 0.267. The summed E-state index contributed by atoms with van der Waals surface area (Å²) in [5.41, 5.74) is 2.32. The van der Waals surface area contributed by atoms with E-state index in [9.17, 15) is 4.79 Å². The van der Waals surface area contributed by atoms with Crippen molar-refractivity contribution in [1.29, 1.82) is 0 Å². The monoisotopic (exact) mass is 273 g/mol. The zero-order valence-corrected chi connectivity index (χ0v) is 11.3. The van der Waals surface area contributed by atoms with Crippen LogP contribution in [0.4, 0.5) is 5.69 Å². The molecule has 0 radical (unpaired) electrons. The lowest BCUT2D eigenvalue weighted by atomic mass is 9.94. The Balaban J connectivity index is 1.60. The van der Waals surface area contributed by atoms with Gasteiger partial charge in [0.2, 0.25) is 0 Å². The molecule has 3 nitrogen and oxygen atoms in total. The number of benzene rings is 1. The van der Waals surface area contributed by atoms with Crippen molar-refractivity contribution in [1.82, 2.24) is 0 Å². The van der Waals surface area contributed by atoms with Crippen LogP contribution in [0.15, 0.2) is 41.8 Å². The second kappa shape index (κ2) is 5.45. The van der Waals surface area contributed by atoms with Gasteiger partial charge in [-0.05, 0) is 29.5 Å². The molecule has 0 spiro atoms. The van der Waals surface area contributed by atoms with Crippen LogP contribution in [-0.2, 0) is 22.6 Å². The van der Waals surface area contributed by atoms with E-state index in [-0.39, 0.29) is 11.9 Å². The van der Waals surface area contributed by atoms with E-state index in [1.54, 1.807) is 11.3 Å². The Kier molecular flexibility index (Phi) is 3.51. The Labute approximate surface area is 116 Å². The molecule has 1 unspecified atom stereocenters. The summed E-state index contributed by atoms with van der Waals surface area (Å²) in [6.45, 7) is 1.04. The highest BCUT2D eigenvalue weighted by atomic mass is 32.1. The number of fused-ring (bicyclic) bond motifs is 1. The number of ether oxygens (including phenoxy) is 1. The van der Waals surface area contributed by atoms with Crippen LogP contribution in [0.1, 0.15) is 10.4 Å². The molecule has 1 aromatic heterocycles.